The molecule has 2 amide bonds. The molecule has 10 heteroatoms. The second-order valence-electron chi connectivity index (χ2n) is 10.5. The number of hydrogen-bond acceptors (Lipinski definition) is 4. The standard InChI is InChI=1S/C34H35F2N3O4S/c1-3-25(2)37-34(41)32(22-26-10-6-4-7-11-26)38(23-27-14-16-28(35)17-15-27)33(40)24-39(30-12-8-5-9-13-30)44(42,43)31-20-18-29(36)19-21-31/h4-21,25,32H,3,22-24H2,1-2H3,(H,37,41). The molecule has 2 atom stereocenters. The van der Waals surface area contributed by atoms with Crippen LogP contribution in [0.5, 0.6) is 0 Å². The molecule has 0 aliphatic heterocycles. The summed E-state index contributed by atoms with van der Waals surface area (Å²) < 4.78 is 56.2. The van der Waals surface area contributed by atoms with Gasteiger partial charge in [-0.2, -0.15) is 0 Å². The first-order valence-corrected chi connectivity index (χ1v) is 15.7. The van der Waals surface area contributed by atoms with Gasteiger partial charge < -0.3 is 10.2 Å². The van der Waals surface area contributed by atoms with E-state index in [1.165, 1.54) is 29.2 Å². The Morgan fingerprint density at radius 3 is 1.89 bits per heavy atom. The quantitative estimate of drug-likeness (QED) is 0.208. The van der Waals surface area contributed by atoms with Gasteiger partial charge in [-0.3, -0.25) is 13.9 Å². The molecule has 4 aromatic rings. The Hall–Kier alpha value is -4.57. The highest BCUT2D eigenvalue weighted by molar-refractivity contribution is 7.92. The van der Waals surface area contributed by atoms with Gasteiger partial charge in [-0.15, -0.1) is 0 Å². The number of halogens is 2. The number of hydrogen-bond donors (Lipinski definition) is 1. The Bertz CT molecular complexity index is 1640. The maximum absolute atomic E-state index is 14.3. The van der Waals surface area contributed by atoms with E-state index in [0.29, 0.717) is 12.0 Å². The molecule has 0 spiro atoms. The van der Waals surface area contributed by atoms with Crippen molar-refractivity contribution >= 4 is 27.5 Å². The minimum absolute atomic E-state index is 0.0796. The van der Waals surface area contributed by atoms with Gasteiger partial charge in [0.15, 0.2) is 0 Å². The van der Waals surface area contributed by atoms with Crippen molar-refractivity contribution in [3.05, 3.63) is 132 Å². The van der Waals surface area contributed by atoms with Gasteiger partial charge in [-0.25, -0.2) is 17.2 Å². The van der Waals surface area contributed by atoms with E-state index in [1.807, 2.05) is 44.2 Å². The van der Waals surface area contributed by atoms with Crippen LogP contribution in [0.25, 0.3) is 0 Å². The smallest absolute Gasteiger partial charge is 0.264 e. The lowest BCUT2D eigenvalue weighted by molar-refractivity contribution is -0.140. The molecular formula is C34H35F2N3O4S. The van der Waals surface area contributed by atoms with Crippen molar-refractivity contribution in [1.82, 2.24) is 10.2 Å². The van der Waals surface area contributed by atoms with Gasteiger partial charge in [0.05, 0.1) is 10.6 Å². The van der Waals surface area contributed by atoms with E-state index in [4.69, 9.17) is 0 Å². The molecule has 4 rings (SSSR count). The van der Waals surface area contributed by atoms with E-state index in [0.717, 1.165) is 34.1 Å². The summed E-state index contributed by atoms with van der Waals surface area (Å²) in [6.45, 7) is 3.06. The second kappa shape index (κ2) is 14.7. The normalized spacial score (nSPS) is 12.6. The zero-order valence-corrected chi connectivity index (χ0v) is 25.4. The number of nitrogens with zero attached hydrogens (tertiary/aromatic N) is 2. The Morgan fingerprint density at radius 2 is 1.32 bits per heavy atom. The molecule has 0 saturated heterocycles. The van der Waals surface area contributed by atoms with Crippen molar-refractivity contribution in [2.75, 3.05) is 10.8 Å². The lowest BCUT2D eigenvalue weighted by atomic mass is 10.0. The first-order chi connectivity index (χ1) is 21.1. The minimum atomic E-state index is -4.34. The molecule has 44 heavy (non-hydrogen) atoms. The predicted octanol–water partition coefficient (Wildman–Crippen LogP) is 5.71. The lowest BCUT2D eigenvalue weighted by Gasteiger charge is -2.34. The van der Waals surface area contributed by atoms with Crippen LogP contribution in [-0.2, 0) is 32.6 Å². The predicted molar refractivity (Wildman–Crippen MR) is 166 cm³/mol. The Kier molecular flexibility index (Phi) is 10.8. The molecule has 0 aromatic heterocycles. The van der Waals surface area contributed by atoms with E-state index in [2.05, 4.69) is 5.32 Å². The molecule has 4 aromatic carbocycles. The number of benzene rings is 4. The fourth-order valence-corrected chi connectivity index (χ4v) is 6.05. The summed E-state index contributed by atoms with van der Waals surface area (Å²) in [7, 11) is -4.34. The number of sulfonamides is 1. The van der Waals surface area contributed by atoms with E-state index < -0.39 is 46.1 Å². The third-order valence-corrected chi connectivity index (χ3v) is 9.05. The molecule has 0 bridgehead atoms. The van der Waals surface area contributed by atoms with Gasteiger partial charge in [0.25, 0.3) is 10.0 Å². The monoisotopic (exact) mass is 619 g/mol. The number of amides is 2. The van der Waals surface area contributed by atoms with Gasteiger partial charge in [0, 0.05) is 19.0 Å². The largest absolute Gasteiger partial charge is 0.352 e. The summed E-state index contributed by atoms with van der Waals surface area (Å²) in [4.78, 5) is 29.3. The zero-order chi connectivity index (χ0) is 31.7. The molecule has 0 saturated carbocycles. The number of carbonyl (C=O) groups is 2. The van der Waals surface area contributed by atoms with E-state index >= 15 is 0 Å². The maximum atomic E-state index is 14.3. The Labute approximate surface area is 257 Å². The number of rotatable bonds is 13. The van der Waals surface area contributed by atoms with Crippen LogP contribution in [0.1, 0.15) is 31.4 Å². The highest BCUT2D eigenvalue weighted by Crippen LogP contribution is 2.25. The number of anilines is 1. The molecule has 230 valence electrons. The highest BCUT2D eigenvalue weighted by atomic mass is 32.2. The summed E-state index contributed by atoms with van der Waals surface area (Å²) in [5, 5.41) is 2.97. The summed E-state index contributed by atoms with van der Waals surface area (Å²) >= 11 is 0. The lowest BCUT2D eigenvalue weighted by Crippen LogP contribution is -2.54. The maximum Gasteiger partial charge on any atom is 0.264 e. The van der Waals surface area contributed by atoms with E-state index in [-0.39, 0.29) is 29.6 Å². The van der Waals surface area contributed by atoms with Crippen molar-refractivity contribution in [3.8, 4) is 0 Å². The topological polar surface area (TPSA) is 86.8 Å². The molecule has 0 aliphatic rings. The van der Waals surface area contributed by atoms with Crippen LogP contribution in [0.2, 0.25) is 0 Å². The fourth-order valence-electron chi connectivity index (χ4n) is 4.64. The van der Waals surface area contributed by atoms with Crippen LogP contribution in [-0.4, -0.2) is 43.8 Å². The fraction of sp³-hybridized carbons (Fsp3) is 0.235. The summed E-state index contributed by atoms with van der Waals surface area (Å²) in [6, 6.07) is 26.0. The van der Waals surface area contributed by atoms with Crippen LogP contribution in [0, 0.1) is 11.6 Å². The minimum Gasteiger partial charge on any atom is -0.352 e. The number of carbonyl (C=O) groups excluding carboxylic acids is 2. The van der Waals surface area contributed by atoms with Crippen LogP contribution >= 0.6 is 0 Å². The second-order valence-corrected chi connectivity index (χ2v) is 12.3. The molecule has 0 aliphatic carbocycles. The third kappa shape index (κ3) is 8.29. The van der Waals surface area contributed by atoms with Crippen LogP contribution in [0.3, 0.4) is 0 Å². The van der Waals surface area contributed by atoms with Crippen molar-refractivity contribution < 1.29 is 26.8 Å². The van der Waals surface area contributed by atoms with E-state index in [9.17, 15) is 26.8 Å². The van der Waals surface area contributed by atoms with Crippen LogP contribution in [0.15, 0.2) is 114 Å². The molecule has 7 nitrogen and oxygen atoms in total. The third-order valence-electron chi connectivity index (χ3n) is 7.26. The molecular weight excluding hydrogens is 584 g/mol. The number of para-hydroxylation sites is 1. The van der Waals surface area contributed by atoms with Gasteiger partial charge in [0.2, 0.25) is 11.8 Å². The SMILES string of the molecule is CCC(C)NC(=O)C(Cc1ccccc1)N(Cc1ccc(F)cc1)C(=O)CN(c1ccccc1)S(=O)(=O)c1ccc(F)cc1. The molecule has 0 radical (unpaired) electrons. The summed E-state index contributed by atoms with van der Waals surface area (Å²) in [5.74, 6) is -2.11. The van der Waals surface area contributed by atoms with Gasteiger partial charge in [-0.05, 0) is 73.0 Å². The van der Waals surface area contributed by atoms with Crippen LogP contribution in [0.4, 0.5) is 14.5 Å². The molecule has 0 fully saturated rings. The van der Waals surface area contributed by atoms with Gasteiger partial charge in [-0.1, -0.05) is 67.6 Å². The van der Waals surface area contributed by atoms with Crippen LogP contribution < -0.4 is 9.62 Å². The van der Waals surface area contributed by atoms with E-state index in [1.54, 1.807) is 30.3 Å². The van der Waals surface area contributed by atoms with Crippen molar-refractivity contribution in [1.29, 1.82) is 0 Å². The highest BCUT2D eigenvalue weighted by Gasteiger charge is 2.35. The summed E-state index contributed by atoms with van der Waals surface area (Å²) in [5.41, 5.74) is 1.57. The Balaban J connectivity index is 1.78. The van der Waals surface area contributed by atoms with Crippen molar-refractivity contribution in [2.24, 2.45) is 0 Å². The first-order valence-electron chi connectivity index (χ1n) is 14.3. The molecule has 0 heterocycles. The van der Waals surface area contributed by atoms with Crippen molar-refractivity contribution in [2.45, 2.75) is 50.2 Å². The first kappa shape index (κ1) is 32.3. The van der Waals surface area contributed by atoms with Gasteiger partial charge >= 0.3 is 0 Å². The zero-order valence-electron chi connectivity index (χ0n) is 24.6. The molecule has 1 N–H and O–H groups in total. The number of nitrogens with one attached hydrogen (secondary N) is 1. The molecule has 2 unspecified atom stereocenters. The van der Waals surface area contributed by atoms with Crippen molar-refractivity contribution in [3.63, 3.8) is 0 Å². The average Bonchev–Trinajstić information content (AvgIpc) is 3.03. The Morgan fingerprint density at radius 1 is 0.773 bits per heavy atom. The van der Waals surface area contributed by atoms with Gasteiger partial charge in [0.1, 0.15) is 24.2 Å². The summed E-state index contributed by atoms with van der Waals surface area (Å²) in [6.07, 6.45) is 0.819. The average molecular weight is 620 g/mol.